The van der Waals surface area contributed by atoms with Crippen LogP contribution in [0.25, 0.3) is 11.1 Å². The third-order valence-electron chi connectivity index (χ3n) is 2.65. The number of aromatic amines is 1. The average Bonchev–Trinajstić information content (AvgIpc) is 3.00. The van der Waals surface area contributed by atoms with Gasteiger partial charge in [0.2, 0.25) is 0 Å². The summed E-state index contributed by atoms with van der Waals surface area (Å²) < 4.78 is 1.93. The van der Waals surface area contributed by atoms with Crippen molar-refractivity contribution < 1.29 is 0 Å². The van der Waals surface area contributed by atoms with Crippen molar-refractivity contribution in [2.45, 2.75) is 6.54 Å². The van der Waals surface area contributed by atoms with Gasteiger partial charge < -0.3 is 0 Å². The highest BCUT2D eigenvalue weighted by molar-refractivity contribution is 5.59. The zero-order valence-electron chi connectivity index (χ0n) is 9.24. The minimum absolute atomic E-state index is 0.790. The Balaban J connectivity index is 1.82. The van der Waals surface area contributed by atoms with Crippen LogP contribution in [0.15, 0.2) is 55.1 Å². The van der Waals surface area contributed by atoms with Gasteiger partial charge in [-0.2, -0.15) is 10.2 Å². The van der Waals surface area contributed by atoms with Crippen LogP contribution in [0.1, 0.15) is 5.56 Å². The molecule has 0 unspecified atom stereocenters. The molecule has 0 radical (unpaired) electrons. The van der Waals surface area contributed by atoms with Crippen LogP contribution in [-0.2, 0) is 6.54 Å². The fourth-order valence-electron chi connectivity index (χ4n) is 1.78. The van der Waals surface area contributed by atoms with Crippen LogP contribution >= 0.6 is 0 Å². The van der Waals surface area contributed by atoms with E-state index in [-0.39, 0.29) is 0 Å². The van der Waals surface area contributed by atoms with Crippen LogP contribution in [0.2, 0.25) is 0 Å². The predicted molar refractivity (Wildman–Crippen MR) is 65.4 cm³/mol. The zero-order valence-corrected chi connectivity index (χ0v) is 9.24. The van der Waals surface area contributed by atoms with Crippen molar-refractivity contribution in [2.24, 2.45) is 0 Å². The monoisotopic (exact) mass is 224 g/mol. The number of benzene rings is 1. The van der Waals surface area contributed by atoms with E-state index in [4.69, 9.17) is 0 Å². The Labute approximate surface area is 98.9 Å². The van der Waals surface area contributed by atoms with Crippen LogP contribution < -0.4 is 0 Å². The molecule has 0 bridgehead atoms. The molecule has 3 rings (SSSR count). The molecule has 0 amide bonds. The van der Waals surface area contributed by atoms with Gasteiger partial charge in [-0.05, 0) is 5.56 Å². The maximum absolute atomic E-state index is 4.34. The molecule has 0 aliphatic rings. The van der Waals surface area contributed by atoms with Crippen molar-refractivity contribution in [1.82, 2.24) is 20.0 Å². The quantitative estimate of drug-likeness (QED) is 0.742. The third kappa shape index (κ3) is 2.10. The molecule has 3 aromatic rings. The number of nitrogens with zero attached hydrogens (tertiary/aromatic N) is 3. The van der Waals surface area contributed by atoms with Crippen molar-refractivity contribution in [2.75, 3.05) is 0 Å². The Kier molecular flexibility index (Phi) is 2.46. The highest BCUT2D eigenvalue weighted by atomic mass is 15.3. The third-order valence-corrected chi connectivity index (χ3v) is 2.65. The maximum Gasteiger partial charge on any atom is 0.0659 e. The fourth-order valence-corrected chi connectivity index (χ4v) is 1.78. The number of rotatable bonds is 3. The molecule has 17 heavy (non-hydrogen) atoms. The normalized spacial score (nSPS) is 10.6. The maximum atomic E-state index is 4.34. The molecule has 0 fully saturated rings. The summed E-state index contributed by atoms with van der Waals surface area (Å²) in [7, 11) is 0. The molecule has 1 N–H and O–H groups in total. The van der Waals surface area contributed by atoms with E-state index in [1.165, 1.54) is 5.56 Å². The minimum Gasteiger partial charge on any atom is -0.285 e. The fraction of sp³-hybridized carbons (Fsp3) is 0.0769. The lowest BCUT2D eigenvalue weighted by Crippen LogP contribution is -1.98. The Morgan fingerprint density at radius 2 is 1.94 bits per heavy atom. The summed E-state index contributed by atoms with van der Waals surface area (Å²) in [5.74, 6) is 0. The molecule has 0 saturated heterocycles. The lowest BCUT2D eigenvalue weighted by Gasteiger charge is -2.00. The Morgan fingerprint density at radius 1 is 1.06 bits per heavy atom. The zero-order chi connectivity index (χ0) is 11.5. The van der Waals surface area contributed by atoms with E-state index < -0.39 is 0 Å². The van der Waals surface area contributed by atoms with Gasteiger partial charge in [-0.3, -0.25) is 9.78 Å². The van der Waals surface area contributed by atoms with Crippen LogP contribution in [0.5, 0.6) is 0 Å². The summed E-state index contributed by atoms with van der Waals surface area (Å²) >= 11 is 0. The topological polar surface area (TPSA) is 46.5 Å². The van der Waals surface area contributed by atoms with Gasteiger partial charge in [0.05, 0.1) is 18.9 Å². The van der Waals surface area contributed by atoms with Crippen LogP contribution in [0.4, 0.5) is 0 Å². The van der Waals surface area contributed by atoms with Crippen molar-refractivity contribution in [3.63, 3.8) is 0 Å². The van der Waals surface area contributed by atoms with Crippen LogP contribution in [-0.4, -0.2) is 20.0 Å². The molecule has 84 valence electrons. The molecule has 0 atom stereocenters. The molecule has 1 aromatic carbocycles. The molecule has 2 heterocycles. The molecular weight excluding hydrogens is 212 g/mol. The Morgan fingerprint density at radius 3 is 2.71 bits per heavy atom. The Hall–Kier alpha value is -2.36. The van der Waals surface area contributed by atoms with Crippen LogP contribution in [0, 0.1) is 0 Å². The van der Waals surface area contributed by atoms with Gasteiger partial charge in [0, 0.05) is 23.5 Å². The van der Waals surface area contributed by atoms with E-state index >= 15 is 0 Å². The molecule has 4 nitrogen and oxygen atoms in total. The van der Waals surface area contributed by atoms with Gasteiger partial charge in [0.1, 0.15) is 0 Å². The van der Waals surface area contributed by atoms with E-state index in [9.17, 15) is 0 Å². The number of hydrogen-bond acceptors (Lipinski definition) is 2. The van der Waals surface area contributed by atoms with Gasteiger partial charge in [-0.15, -0.1) is 0 Å². The molecule has 0 spiro atoms. The number of nitrogens with one attached hydrogen (secondary N) is 1. The number of aromatic nitrogens is 4. The standard InChI is InChI=1S/C13H12N4/c1-2-4-11(5-3-1)9-17-10-13(8-16-17)12-6-14-15-7-12/h1-8,10H,9H2,(H,14,15). The summed E-state index contributed by atoms with van der Waals surface area (Å²) in [6.45, 7) is 0.790. The first-order valence-corrected chi connectivity index (χ1v) is 5.47. The second kappa shape index (κ2) is 4.25. The first kappa shape index (κ1) is 9.84. The average molecular weight is 224 g/mol. The van der Waals surface area contributed by atoms with Gasteiger partial charge in [-0.1, -0.05) is 30.3 Å². The van der Waals surface area contributed by atoms with E-state index in [0.29, 0.717) is 0 Å². The second-order valence-corrected chi connectivity index (χ2v) is 3.90. The van der Waals surface area contributed by atoms with Gasteiger partial charge in [0.25, 0.3) is 0 Å². The molecule has 0 saturated carbocycles. The van der Waals surface area contributed by atoms with Crippen molar-refractivity contribution in [3.05, 3.63) is 60.7 Å². The molecular formula is C13H12N4. The van der Waals surface area contributed by atoms with Crippen molar-refractivity contribution in [1.29, 1.82) is 0 Å². The first-order valence-electron chi connectivity index (χ1n) is 5.47. The lowest BCUT2D eigenvalue weighted by atomic mass is 10.2. The SMILES string of the molecule is c1ccc(Cn2cc(-c3cn[nH]c3)cn2)cc1. The van der Waals surface area contributed by atoms with Gasteiger partial charge in [-0.25, -0.2) is 0 Å². The minimum atomic E-state index is 0.790. The molecule has 2 aromatic heterocycles. The number of hydrogen-bond donors (Lipinski definition) is 1. The van der Waals surface area contributed by atoms with Gasteiger partial charge >= 0.3 is 0 Å². The summed E-state index contributed by atoms with van der Waals surface area (Å²) in [6, 6.07) is 10.3. The van der Waals surface area contributed by atoms with Crippen LogP contribution in [0.3, 0.4) is 0 Å². The predicted octanol–water partition coefficient (Wildman–Crippen LogP) is 2.32. The largest absolute Gasteiger partial charge is 0.285 e. The van der Waals surface area contributed by atoms with E-state index in [0.717, 1.165) is 17.7 Å². The highest BCUT2D eigenvalue weighted by Gasteiger charge is 2.02. The Bertz CT molecular complexity index is 581. The summed E-state index contributed by atoms with van der Waals surface area (Å²) in [5.41, 5.74) is 3.38. The lowest BCUT2D eigenvalue weighted by molar-refractivity contribution is 0.687. The smallest absolute Gasteiger partial charge is 0.0659 e. The highest BCUT2D eigenvalue weighted by Crippen LogP contribution is 2.16. The van der Waals surface area contributed by atoms with E-state index in [1.807, 2.05) is 41.5 Å². The molecule has 0 aliphatic heterocycles. The van der Waals surface area contributed by atoms with Crippen molar-refractivity contribution in [3.8, 4) is 11.1 Å². The first-order chi connectivity index (χ1) is 8.42. The summed E-state index contributed by atoms with van der Waals surface area (Å²) in [4.78, 5) is 0. The summed E-state index contributed by atoms with van der Waals surface area (Å²) in [6.07, 6.45) is 7.54. The molecule has 0 aliphatic carbocycles. The van der Waals surface area contributed by atoms with E-state index in [1.54, 1.807) is 6.20 Å². The van der Waals surface area contributed by atoms with Crippen molar-refractivity contribution >= 4 is 0 Å². The summed E-state index contributed by atoms with van der Waals surface area (Å²) in [5, 5.41) is 11.1. The number of H-pyrrole nitrogens is 1. The second-order valence-electron chi connectivity index (χ2n) is 3.90. The van der Waals surface area contributed by atoms with Gasteiger partial charge in [0.15, 0.2) is 0 Å². The molecule has 4 heteroatoms. The van der Waals surface area contributed by atoms with E-state index in [2.05, 4.69) is 27.4 Å².